The zero-order valence-corrected chi connectivity index (χ0v) is 16.1. The molecule has 3 aromatic carbocycles. The fourth-order valence-electron chi connectivity index (χ4n) is 2.94. The molecule has 0 aliphatic carbocycles. The van der Waals surface area contributed by atoms with Crippen molar-refractivity contribution in [3.8, 4) is 11.5 Å². The van der Waals surface area contributed by atoms with E-state index in [0.29, 0.717) is 30.0 Å². The van der Waals surface area contributed by atoms with E-state index in [0.717, 1.165) is 5.56 Å². The number of hydrogen-bond donors (Lipinski definition) is 2. The third kappa shape index (κ3) is 5.30. The van der Waals surface area contributed by atoms with Crippen molar-refractivity contribution >= 4 is 11.9 Å². The number of aromatic hydroxyl groups is 1. The van der Waals surface area contributed by atoms with E-state index in [2.05, 4.69) is 5.32 Å². The Labute approximate surface area is 169 Å². The minimum atomic E-state index is -0.348. The average molecular weight is 391 g/mol. The highest BCUT2D eigenvalue weighted by Gasteiger charge is 2.16. The number of nitrogens with one attached hydrogen (secondary N) is 1. The number of carbonyl (C=O) groups is 1. The third-order valence-electron chi connectivity index (χ3n) is 4.50. The predicted octanol–water partition coefficient (Wildman–Crippen LogP) is 4.73. The van der Waals surface area contributed by atoms with Gasteiger partial charge in [-0.1, -0.05) is 48.5 Å². The van der Waals surface area contributed by atoms with Gasteiger partial charge in [-0.05, 0) is 41.5 Å². The molecule has 0 spiro atoms. The van der Waals surface area contributed by atoms with Gasteiger partial charge in [-0.3, -0.25) is 4.79 Å². The second-order valence-corrected chi connectivity index (χ2v) is 6.48. The summed E-state index contributed by atoms with van der Waals surface area (Å²) in [6, 6.07) is 18.9. The van der Waals surface area contributed by atoms with Crippen molar-refractivity contribution in [1.82, 2.24) is 5.32 Å². The topological polar surface area (TPSA) is 58.6 Å². The minimum absolute atomic E-state index is 0.112. The molecule has 5 heteroatoms. The lowest BCUT2D eigenvalue weighted by Gasteiger charge is -2.14. The molecule has 3 aromatic rings. The Morgan fingerprint density at radius 3 is 2.45 bits per heavy atom. The Kier molecular flexibility index (Phi) is 6.76. The highest BCUT2D eigenvalue weighted by molar-refractivity contribution is 6.09. The quantitative estimate of drug-likeness (QED) is 0.431. The minimum Gasteiger partial charge on any atom is -0.507 e. The zero-order valence-electron chi connectivity index (χ0n) is 16.1. The molecule has 0 heterocycles. The van der Waals surface area contributed by atoms with E-state index in [-0.39, 0.29) is 22.9 Å². The SMILES string of the molecule is COc1ccc(C(=O)/C=C/c2ccc(F)cc2)c(O)c1CNCc1ccccc1. The summed E-state index contributed by atoms with van der Waals surface area (Å²) in [4.78, 5) is 12.6. The van der Waals surface area contributed by atoms with Gasteiger partial charge in [0.05, 0.1) is 18.2 Å². The van der Waals surface area contributed by atoms with Crippen LogP contribution in [0.4, 0.5) is 4.39 Å². The second-order valence-electron chi connectivity index (χ2n) is 6.48. The normalized spacial score (nSPS) is 11.0. The number of benzene rings is 3. The van der Waals surface area contributed by atoms with E-state index in [1.807, 2.05) is 30.3 Å². The van der Waals surface area contributed by atoms with Crippen LogP contribution >= 0.6 is 0 Å². The molecule has 0 aliphatic heterocycles. The van der Waals surface area contributed by atoms with Crippen molar-refractivity contribution in [2.45, 2.75) is 13.1 Å². The molecule has 3 rings (SSSR count). The molecule has 0 saturated heterocycles. The number of phenolic OH excluding ortho intramolecular Hbond substituents is 1. The van der Waals surface area contributed by atoms with E-state index in [1.165, 1.54) is 31.4 Å². The maximum Gasteiger partial charge on any atom is 0.189 e. The summed E-state index contributed by atoms with van der Waals surface area (Å²) in [5, 5.41) is 13.9. The molecule has 0 bridgehead atoms. The predicted molar refractivity (Wildman–Crippen MR) is 111 cm³/mol. The van der Waals surface area contributed by atoms with Gasteiger partial charge in [0.2, 0.25) is 0 Å². The first kappa shape index (κ1) is 20.3. The number of allylic oxidation sites excluding steroid dienone is 1. The number of rotatable bonds is 8. The molecule has 4 nitrogen and oxygen atoms in total. The van der Waals surface area contributed by atoms with Gasteiger partial charge in [-0.15, -0.1) is 0 Å². The lowest BCUT2D eigenvalue weighted by Crippen LogP contribution is -2.14. The van der Waals surface area contributed by atoms with Gasteiger partial charge in [-0.25, -0.2) is 4.39 Å². The average Bonchev–Trinajstić information content (AvgIpc) is 2.75. The van der Waals surface area contributed by atoms with Crippen molar-refractivity contribution in [1.29, 1.82) is 0 Å². The highest BCUT2D eigenvalue weighted by Crippen LogP contribution is 2.32. The molecule has 0 unspecified atom stereocenters. The summed E-state index contributed by atoms with van der Waals surface area (Å²) in [6.07, 6.45) is 2.94. The summed E-state index contributed by atoms with van der Waals surface area (Å²) in [5.41, 5.74) is 2.50. The standard InChI is InChI=1S/C24H22FNO3/c1-29-23-14-12-20(22(27)13-9-17-7-10-19(25)11-8-17)24(28)21(23)16-26-15-18-5-3-2-4-6-18/h2-14,26,28H,15-16H2,1H3/b13-9+. The van der Waals surface area contributed by atoms with Crippen LogP contribution in [0.25, 0.3) is 6.08 Å². The maximum atomic E-state index is 13.0. The molecule has 0 amide bonds. The van der Waals surface area contributed by atoms with Gasteiger partial charge in [0.1, 0.15) is 17.3 Å². The smallest absolute Gasteiger partial charge is 0.189 e. The summed E-state index contributed by atoms with van der Waals surface area (Å²) < 4.78 is 18.3. The Bertz CT molecular complexity index is 999. The molecule has 29 heavy (non-hydrogen) atoms. The molecule has 0 aliphatic rings. The van der Waals surface area contributed by atoms with Crippen LogP contribution in [0, 0.1) is 5.82 Å². The van der Waals surface area contributed by atoms with Gasteiger partial charge in [0.15, 0.2) is 5.78 Å². The van der Waals surface area contributed by atoms with Crippen molar-refractivity contribution in [3.63, 3.8) is 0 Å². The zero-order chi connectivity index (χ0) is 20.6. The van der Waals surface area contributed by atoms with Gasteiger partial charge in [0, 0.05) is 13.1 Å². The summed E-state index contributed by atoms with van der Waals surface area (Å²) in [6.45, 7) is 0.957. The van der Waals surface area contributed by atoms with Crippen molar-refractivity contribution in [3.05, 3.63) is 101 Å². The first-order valence-corrected chi connectivity index (χ1v) is 9.20. The van der Waals surface area contributed by atoms with Crippen LogP contribution < -0.4 is 10.1 Å². The van der Waals surface area contributed by atoms with Crippen LogP contribution in [-0.2, 0) is 13.1 Å². The summed E-state index contributed by atoms with van der Waals surface area (Å²) in [7, 11) is 1.52. The number of ketones is 1. The van der Waals surface area contributed by atoms with Gasteiger partial charge in [-0.2, -0.15) is 0 Å². The number of ether oxygens (including phenoxy) is 1. The number of carbonyl (C=O) groups excluding carboxylic acids is 1. The lowest BCUT2D eigenvalue weighted by molar-refractivity contribution is 0.104. The number of hydrogen-bond acceptors (Lipinski definition) is 4. The second kappa shape index (κ2) is 9.66. The molecular formula is C24H22FNO3. The van der Waals surface area contributed by atoms with E-state index >= 15 is 0 Å². The molecule has 0 radical (unpaired) electrons. The van der Waals surface area contributed by atoms with Gasteiger partial charge < -0.3 is 15.2 Å². The Morgan fingerprint density at radius 1 is 1.03 bits per heavy atom. The Balaban J connectivity index is 1.76. The lowest BCUT2D eigenvalue weighted by atomic mass is 10.0. The fraction of sp³-hybridized carbons (Fsp3) is 0.125. The number of methoxy groups -OCH3 is 1. The molecular weight excluding hydrogens is 369 g/mol. The van der Waals surface area contributed by atoms with Crippen LogP contribution in [0.2, 0.25) is 0 Å². The fourth-order valence-corrected chi connectivity index (χ4v) is 2.94. The highest BCUT2D eigenvalue weighted by atomic mass is 19.1. The molecule has 0 atom stereocenters. The first-order chi connectivity index (χ1) is 14.1. The summed E-state index contributed by atoms with van der Waals surface area (Å²) >= 11 is 0. The van der Waals surface area contributed by atoms with Gasteiger partial charge in [0.25, 0.3) is 0 Å². The molecule has 2 N–H and O–H groups in total. The molecule has 148 valence electrons. The van der Waals surface area contributed by atoms with E-state index in [9.17, 15) is 14.3 Å². The van der Waals surface area contributed by atoms with Gasteiger partial charge >= 0.3 is 0 Å². The Hall–Kier alpha value is -3.44. The van der Waals surface area contributed by atoms with Crippen molar-refractivity contribution in [2.24, 2.45) is 0 Å². The van der Waals surface area contributed by atoms with E-state index in [1.54, 1.807) is 24.3 Å². The largest absolute Gasteiger partial charge is 0.507 e. The van der Waals surface area contributed by atoms with Crippen molar-refractivity contribution in [2.75, 3.05) is 7.11 Å². The molecule has 0 aromatic heterocycles. The van der Waals surface area contributed by atoms with Crippen LogP contribution in [0.1, 0.15) is 27.0 Å². The monoisotopic (exact) mass is 391 g/mol. The van der Waals surface area contributed by atoms with E-state index in [4.69, 9.17) is 4.74 Å². The van der Waals surface area contributed by atoms with Crippen LogP contribution in [0.5, 0.6) is 11.5 Å². The number of phenols is 1. The summed E-state index contributed by atoms with van der Waals surface area (Å²) in [5.74, 6) is -0.298. The Morgan fingerprint density at radius 2 is 1.76 bits per heavy atom. The molecule has 0 fully saturated rings. The van der Waals surface area contributed by atoms with Crippen molar-refractivity contribution < 1.29 is 19.0 Å². The van der Waals surface area contributed by atoms with E-state index < -0.39 is 0 Å². The first-order valence-electron chi connectivity index (χ1n) is 9.20. The third-order valence-corrected chi connectivity index (χ3v) is 4.50. The number of halogens is 1. The molecule has 0 saturated carbocycles. The van der Waals surface area contributed by atoms with Crippen LogP contribution in [0.15, 0.2) is 72.8 Å². The maximum absolute atomic E-state index is 13.0. The van der Waals surface area contributed by atoms with Crippen LogP contribution in [0.3, 0.4) is 0 Å². The van der Waals surface area contributed by atoms with Crippen LogP contribution in [-0.4, -0.2) is 18.0 Å².